The van der Waals surface area contributed by atoms with E-state index in [0.29, 0.717) is 11.6 Å². The Morgan fingerprint density at radius 3 is 2.35 bits per heavy atom. The van der Waals surface area contributed by atoms with E-state index < -0.39 is 0 Å². The van der Waals surface area contributed by atoms with Gasteiger partial charge in [-0.15, -0.1) is 10.2 Å². The lowest BCUT2D eigenvalue weighted by Gasteiger charge is -2.02. The fraction of sp³-hybridized carbons (Fsp3) is 0.567. The number of para-hydroxylation sites is 1. The van der Waals surface area contributed by atoms with E-state index in [9.17, 15) is 4.79 Å². The van der Waals surface area contributed by atoms with Gasteiger partial charge in [-0.05, 0) is 50.2 Å². The number of hydrogen-bond donors (Lipinski definition) is 3. The van der Waals surface area contributed by atoms with Crippen LogP contribution in [0.2, 0.25) is 0 Å². The predicted molar refractivity (Wildman–Crippen MR) is 158 cm³/mol. The Morgan fingerprint density at radius 2 is 1.57 bits per heavy atom. The number of allylic oxidation sites excluding steroid dienone is 2. The quantitative estimate of drug-likeness (QED) is 0.102. The van der Waals surface area contributed by atoms with Crippen LogP contribution in [-0.2, 0) is 11.2 Å². The lowest BCUT2D eigenvalue weighted by Crippen LogP contribution is -2.10. The van der Waals surface area contributed by atoms with Crippen molar-refractivity contribution in [3.8, 4) is 0 Å². The SMILES string of the molecule is CCCCCCCCC=CCCCCCCCC(=O)Nc1nnc(NCCc2c[nH]c3ccccc23)s1. The molecule has 2 heterocycles. The Morgan fingerprint density at radius 1 is 0.892 bits per heavy atom. The number of unbranched alkanes of at least 4 members (excludes halogenated alkanes) is 11. The summed E-state index contributed by atoms with van der Waals surface area (Å²) in [5.41, 5.74) is 2.44. The van der Waals surface area contributed by atoms with Crippen LogP contribution in [0.4, 0.5) is 10.3 Å². The molecule has 7 heteroatoms. The van der Waals surface area contributed by atoms with Crippen LogP contribution in [0, 0.1) is 0 Å². The number of carbonyl (C=O) groups is 1. The Labute approximate surface area is 226 Å². The summed E-state index contributed by atoms with van der Waals surface area (Å²) in [7, 11) is 0. The highest BCUT2D eigenvalue weighted by molar-refractivity contribution is 7.19. The third kappa shape index (κ3) is 11.5. The molecule has 0 saturated carbocycles. The van der Waals surface area contributed by atoms with Crippen LogP contribution >= 0.6 is 11.3 Å². The maximum atomic E-state index is 12.2. The summed E-state index contributed by atoms with van der Waals surface area (Å²) in [4.78, 5) is 15.6. The number of rotatable bonds is 20. The molecule has 1 aromatic carbocycles. The van der Waals surface area contributed by atoms with E-state index in [0.717, 1.165) is 36.5 Å². The molecule has 0 bridgehead atoms. The van der Waals surface area contributed by atoms with Crippen molar-refractivity contribution >= 4 is 38.4 Å². The lowest BCUT2D eigenvalue weighted by molar-refractivity contribution is -0.116. The van der Waals surface area contributed by atoms with Crippen LogP contribution in [0.5, 0.6) is 0 Å². The van der Waals surface area contributed by atoms with Gasteiger partial charge in [0.05, 0.1) is 0 Å². The maximum absolute atomic E-state index is 12.2. The number of benzene rings is 1. The minimum absolute atomic E-state index is 0.0270. The van der Waals surface area contributed by atoms with Gasteiger partial charge in [-0.3, -0.25) is 4.79 Å². The van der Waals surface area contributed by atoms with Crippen molar-refractivity contribution in [1.29, 1.82) is 0 Å². The van der Waals surface area contributed by atoms with Gasteiger partial charge in [0, 0.05) is 30.1 Å². The Kier molecular flexibility index (Phi) is 13.8. The van der Waals surface area contributed by atoms with Gasteiger partial charge in [-0.25, -0.2) is 0 Å². The molecule has 0 unspecified atom stereocenters. The standard InChI is InChI=1S/C30H45N5OS/c1-2-3-4-5-6-7-8-9-10-11-12-13-14-15-16-21-28(36)33-30-35-34-29(37-30)31-23-22-25-24-32-27-20-18-17-19-26(25)27/h9-10,17-20,24,32H,2-8,11-16,21-23H2,1H3,(H,31,34)(H,33,35,36). The van der Waals surface area contributed by atoms with Crippen molar-refractivity contribution in [1.82, 2.24) is 15.2 Å². The number of H-pyrrole nitrogens is 1. The first-order valence-corrected chi connectivity index (χ1v) is 15.1. The summed E-state index contributed by atoms with van der Waals surface area (Å²) >= 11 is 1.39. The molecule has 0 spiro atoms. The van der Waals surface area contributed by atoms with Crippen LogP contribution in [0.1, 0.15) is 102 Å². The molecule has 6 nitrogen and oxygen atoms in total. The van der Waals surface area contributed by atoms with Crippen LogP contribution < -0.4 is 10.6 Å². The van der Waals surface area contributed by atoms with Gasteiger partial charge >= 0.3 is 0 Å². The highest BCUT2D eigenvalue weighted by atomic mass is 32.1. The number of fused-ring (bicyclic) bond motifs is 1. The number of aromatic amines is 1. The van der Waals surface area contributed by atoms with Crippen molar-refractivity contribution in [3.05, 3.63) is 48.2 Å². The molecule has 0 radical (unpaired) electrons. The first-order chi connectivity index (χ1) is 18.3. The van der Waals surface area contributed by atoms with Crippen LogP contribution in [0.15, 0.2) is 42.6 Å². The van der Waals surface area contributed by atoms with Crippen LogP contribution in [0.25, 0.3) is 10.9 Å². The zero-order chi connectivity index (χ0) is 26.0. The van der Waals surface area contributed by atoms with Crippen molar-refractivity contribution in [3.63, 3.8) is 0 Å². The predicted octanol–water partition coefficient (Wildman–Crippen LogP) is 8.65. The van der Waals surface area contributed by atoms with Gasteiger partial charge in [0.25, 0.3) is 0 Å². The van der Waals surface area contributed by atoms with E-state index in [4.69, 9.17) is 0 Å². The number of amides is 1. The van der Waals surface area contributed by atoms with Crippen LogP contribution in [0.3, 0.4) is 0 Å². The summed E-state index contributed by atoms with van der Waals surface area (Å²) in [6.07, 6.45) is 24.6. The molecule has 3 rings (SSSR count). The normalized spacial score (nSPS) is 11.5. The summed E-state index contributed by atoms with van der Waals surface area (Å²) < 4.78 is 0. The fourth-order valence-electron chi connectivity index (χ4n) is 4.53. The molecule has 202 valence electrons. The molecule has 0 aliphatic rings. The van der Waals surface area contributed by atoms with E-state index in [2.05, 4.69) is 69.3 Å². The monoisotopic (exact) mass is 523 g/mol. The Balaban J connectivity index is 1.16. The number of carbonyl (C=O) groups excluding carboxylic acids is 1. The average Bonchev–Trinajstić information content (AvgIpc) is 3.53. The molecular weight excluding hydrogens is 478 g/mol. The largest absolute Gasteiger partial charge is 0.361 e. The zero-order valence-corrected chi connectivity index (χ0v) is 23.4. The second-order valence-electron chi connectivity index (χ2n) is 9.83. The zero-order valence-electron chi connectivity index (χ0n) is 22.6. The number of hydrogen-bond acceptors (Lipinski definition) is 5. The molecule has 0 saturated heterocycles. The molecule has 3 aromatic rings. The summed E-state index contributed by atoms with van der Waals surface area (Å²) in [6, 6.07) is 8.32. The highest BCUT2D eigenvalue weighted by Crippen LogP contribution is 2.22. The van der Waals surface area contributed by atoms with E-state index in [1.807, 2.05) is 6.07 Å². The average molecular weight is 524 g/mol. The first kappa shape index (κ1) is 28.9. The topological polar surface area (TPSA) is 82.7 Å². The molecule has 0 aliphatic carbocycles. The number of aromatic nitrogens is 3. The van der Waals surface area contributed by atoms with E-state index in [1.165, 1.54) is 92.9 Å². The fourth-order valence-corrected chi connectivity index (χ4v) is 5.21. The smallest absolute Gasteiger partial charge is 0.226 e. The number of anilines is 2. The molecular formula is C30H45N5OS. The van der Waals surface area contributed by atoms with Gasteiger partial charge in [-0.2, -0.15) is 0 Å². The van der Waals surface area contributed by atoms with Gasteiger partial charge in [0.15, 0.2) is 0 Å². The molecule has 37 heavy (non-hydrogen) atoms. The highest BCUT2D eigenvalue weighted by Gasteiger charge is 2.09. The van der Waals surface area contributed by atoms with Crippen molar-refractivity contribution in [2.45, 2.75) is 103 Å². The van der Waals surface area contributed by atoms with Crippen LogP contribution in [-0.4, -0.2) is 27.6 Å². The minimum Gasteiger partial charge on any atom is -0.361 e. The molecule has 2 aromatic heterocycles. The van der Waals surface area contributed by atoms with Crippen molar-refractivity contribution in [2.24, 2.45) is 0 Å². The van der Waals surface area contributed by atoms with Gasteiger partial charge in [-0.1, -0.05) is 100.0 Å². The molecule has 3 N–H and O–H groups in total. The van der Waals surface area contributed by atoms with E-state index >= 15 is 0 Å². The summed E-state index contributed by atoms with van der Waals surface area (Å²) in [6.45, 7) is 3.03. The number of nitrogens with one attached hydrogen (secondary N) is 3. The van der Waals surface area contributed by atoms with Gasteiger partial charge in [0.2, 0.25) is 16.2 Å². The maximum Gasteiger partial charge on any atom is 0.226 e. The third-order valence-corrected chi connectivity index (χ3v) is 7.48. The second-order valence-corrected chi connectivity index (χ2v) is 10.8. The summed E-state index contributed by atoms with van der Waals surface area (Å²) in [5, 5.41) is 17.0. The molecule has 0 fully saturated rings. The lowest BCUT2D eigenvalue weighted by atomic mass is 10.1. The number of nitrogens with zero attached hydrogens (tertiary/aromatic N) is 2. The van der Waals surface area contributed by atoms with E-state index in [1.54, 1.807) is 0 Å². The van der Waals surface area contributed by atoms with E-state index in [-0.39, 0.29) is 5.91 Å². The van der Waals surface area contributed by atoms with Crippen molar-refractivity contribution < 1.29 is 4.79 Å². The second kappa shape index (κ2) is 17.7. The van der Waals surface area contributed by atoms with Gasteiger partial charge in [0.1, 0.15) is 0 Å². The van der Waals surface area contributed by atoms with Crippen molar-refractivity contribution in [2.75, 3.05) is 17.2 Å². The molecule has 0 aliphatic heterocycles. The van der Waals surface area contributed by atoms with Gasteiger partial charge < -0.3 is 15.6 Å². The minimum atomic E-state index is 0.0270. The Hall–Kier alpha value is -2.67. The third-order valence-electron chi connectivity index (χ3n) is 6.68. The molecule has 1 amide bonds. The summed E-state index contributed by atoms with van der Waals surface area (Å²) in [5.74, 6) is 0.0270. The first-order valence-electron chi connectivity index (χ1n) is 14.3. The molecule has 0 atom stereocenters. The Bertz CT molecular complexity index is 1060.